The molecule has 0 fully saturated rings. The van der Waals surface area contributed by atoms with Gasteiger partial charge < -0.3 is 10.5 Å². The highest BCUT2D eigenvalue weighted by molar-refractivity contribution is 9.10. The third-order valence-corrected chi connectivity index (χ3v) is 4.03. The molecular weight excluding hydrogens is 358 g/mol. The summed E-state index contributed by atoms with van der Waals surface area (Å²) in [4.78, 5) is 19.8. The number of primary amides is 1. The van der Waals surface area contributed by atoms with Crippen LogP contribution in [0.5, 0.6) is 0 Å². The van der Waals surface area contributed by atoms with Crippen LogP contribution < -0.4 is 10.5 Å². The second-order valence-corrected chi connectivity index (χ2v) is 6.09. The zero-order valence-corrected chi connectivity index (χ0v) is 12.3. The lowest BCUT2D eigenvalue weighted by Gasteiger charge is -2.07. The molecule has 0 aromatic heterocycles. The van der Waals surface area contributed by atoms with Gasteiger partial charge >= 0.3 is 6.09 Å². The van der Waals surface area contributed by atoms with Gasteiger partial charge in [-0.25, -0.2) is 17.9 Å². The van der Waals surface area contributed by atoms with Gasteiger partial charge in [0.25, 0.3) is 5.69 Å². The SMILES string of the molecule is NC(=O)OCCNS(=O)(=O)c1cc(Br)ccc1[N+](=O)[O-]. The Kier molecular flexibility index (Phi) is 5.42. The lowest BCUT2D eigenvalue weighted by molar-refractivity contribution is -0.387. The number of carbonyl (C=O) groups is 1. The molecule has 110 valence electrons. The van der Waals surface area contributed by atoms with Crippen molar-refractivity contribution in [2.45, 2.75) is 4.90 Å². The van der Waals surface area contributed by atoms with Crippen LogP contribution in [0.1, 0.15) is 0 Å². The molecule has 20 heavy (non-hydrogen) atoms. The van der Waals surface area contributed by atoms with E-state index in [1.165, 1.54) is 6.07 Å². The molecule has 1 rings (SSSR count). The molecular formula is C9H10BrN3O6S. The molecule has 1 amide bonds. The predicted octanol–water partition coefficient (Wildman–Crippen LogP) is 0.731. The molecule has 1 aromatic carbocycles. The van der Waals surface area contributed by atoms with E-state index in [0.717, 1.165) is 12.1 Å². The summed E-state index contributed by atoms with van der Waals surface area (Å²) in [5.41, 5.74) is 4.14. The summed E-state index contributed by atoms with van der Waals surface area (Å²) in [5, 5.41) is 10.8. The van der Waals surface area contributed by atoms with E-state index in [4.69, 9.17) is 5.73 Å². The van der Waals surface area contributed by atoms with Gasteiger partial charge in [0.15, 0.2) is 4.90 Å². The Morgan fingerprint density at radius 3 is 2.70 bits per heavy atom. The van der Waals surface area contributed by atoms with Crippen molar-refractivity contribution >= 4 is 37.7 Å². The van der Waals surface area contributed by atoms with Crippen LogP contribution in [0.4, 0.5) is 10.5 Å². The monoisotopic (exact) mass is 367 g/mol. The number of benzene rings is 1. The third kappa shape index (κ3) is 4.43. The van der Waals surface area contributed by atoms with Gasteiger partial charge in [-0.3, -0.25) is 10.1 Å². The van der Waals surface area contributed by atoms with Crippen LogP contribution in [0.3, 0.4) is 0 Å². The van der Waals surface area contributed by atoms with Crippen molar-refractivity contribution in [2.75, 3.05) is 13.2 Å². The average molecular weight is 368 g/mol. The number of amides is 1. The molecule has 0 aliphatic rings. The van der Waals surface area contributed by atoms with E-state index in [-0.39, 0.29) is 13.2 Å². The normalized spacial score (nSPS) is 11.1. The number of hydrogen-bond donors (Lipinski definition) is 2. The number of ether oxygens (including phenoxy) is 1. The Labute approximate surface area is 122 Å². The number of nitro benzene ring substituents is 1. The summed E-state index contributed by atoms with van der Waals surface area (Å²) >= 11 is 3.04. The Balaban J connectivity index is 2.94. The molecule has 0 atom stereocenters. The molecule has 3 N–H and O–H groups in total. The molecule has 0 unspecified atom stereocenters. The standard InChI is InChI=1S/C9H10BrN3O6S/c10-6-1-2-7(13(15)16)8(5-6)20(17,18)12-3-4-19-9(11)14/h1-2,5,12H,3-4H2,(H2,11,14). The lowest BCUT2D eigenvalue weighted by atomic mass is 10.3. The number of nitro groups is 1. The molecule has 0 spiro atoms. The van der Waals surface area contributed by atoms with E-state index in [1.807, 2.05) is 0 Å². The fourth-order valence-corrected chi connectivity index (χ4v) is 2.98. The zero-order chi connectivity index (χ0) is 15.3. The van der Waals surface area contributed by atoms with Crippen LogP contribution in [0.2, 0.25) is 0 Å². The molecule has 0 aliphatic heterocycles. The summed E-state index contributed by atoms with van der Waals surface area (Å²) in [6.45, 7) is -0.536. The van der Waals surface area contributed by atoms with E-state index in [0.29, 0.717) is 4.47 Å². The lowest BCUT2D eigenvalue weighted by Crippen LogP contribution is -2.29. The zero-order valence-electron chi connectivity index (χ0n) is 9.91. The first-order chi connectivity index (χ1) is 9.24. The molecule has 0 radical (unpaired) electrons. The average Bonchev–Trinajstić information content (AvgIpc) is 2.34. The van der Waals surface area contributed by atoms with Crippen LogP contribution in [-0.4, -0.2) is 32.6 Å². The first-order valence-corrected chi connectivity index (χ1v) is 7.37. The maximum absolute atomic E-state index is 11.9. The minimum Gasteiger partial charge on any atom is -0.448 e. The summed E-state index contributed by atoms with van der Waals surface area (Å²) in [7, 11) is -4.11. The van der Waals surface area contributed by atoms with Crippen molar-refractivity contribution in [3.8, 4) is 0 Å². The van der Waals surface area contributed by atoms with Crippen LogP contribution in [-0.2, 0) is 14.8 Å². The van der Waals surface area contributed by atoms with Crippen molar-refractivity contribution < 1.29 is 22.9 Å². The van der Waals surface area contributed by atoms with Gasteiger partial charge in [0.2, 0.25) is 10.0 Å². The molecule has 0 saturated heterocycles. The van der Waals surface area contributed by atoms with E-state index in [9.17, 15) is 23.3 Å². The van der Waals surface area contributed by atoms with E-state index < -0.39 is 31.6 Å². The minimum absolute atomic E-state index is 0.255. The van der Waals surface area contributed by atoms with Gasteiger partial charge in [0.05, 0.1) is 4.92 Å². The second-order valence-electron chi connectivity index (χ2n) is 3.43. The number of nitrogens with one attached hydrogen (secondary N) is 1. The second kappa shape index (κ2) is 6.63. The van der Waals surface area contributed by atoms with Gasteiger partial charge in [-0.15, -0.1) is 0 Å². The smallest absolute Gasteiger partial charge is 0.404 e. The van der Waals surface area contributed by atoms with Gasteiger partial charge in [-0.2, -0.15) is 0 Å². The quantitative estimate of drug-likeness (QED) is 0.431. The Morgan fingerprint density at radius 1 is 1.50 bits per heavy atom. The van der Waals surface area contributed by atoms with Crippen LogP contribution in [0.25, 0.3) is 0 Å². The van der Waals surface area contributed by atoms with Crippen LogP contribution >= 0.6 is 15.9 Å². The van der Waals surface area contributed by atoms with Gasteiger partial charge in [0.1, 0.15) is 6.61 Å². The first kappa shape index (κ1) is 16.3. The summed E-state index contributed by atoms with van der Waals surface area (Å²) in [6, 6.07) is 3.53. The topological polar surface area (TPSA) is 142 Å². The minimum atomic E-state index is -4.11. The highest BCUT2D eigenvalue weighted by Gasteiger charge is 2.25. The number of halogens is 1. The number of carbonyl (C=O) groups excluding carboxylic acids is 1. The third-order valence-electron chi connectivity index (χ3n) is 2.05. The van der Waals surface area contributed by atoms with E-state index in [2.05, 4.69) is 25.4 Å². The first-order valence-electron chi connectivity index (χ1n) is 5.10. The van der Waals surface area contributed by atoms with Crippen molar-refractivity contribution in [2.24, 2.45) is 5.73 Å². The number of nitrogens with zero attached hydrogens (tertiary/aromatic N) is 1. The Bertz CT molecular complexity index is 633. The maximum Gasteiger partial charge on any atom is 0.404 e. The number of hydrogen-bond acceptors (Lipinski definition) is 6. The summed E-state index contributed by atoms with van der Waals surface area (Å²) < 4.78 is 30.7. The van der Waals surface area contributed by atoms with E-state index in [1.54, 1.807) is 0 Å². The largest absolute Gasteiger partial charge is 0.448 e. The molecule has 0 aliphatic carbocycles. The summed E-state index contributed by atoms with van der Waals surface area (Å²) in [6.07, 6.45) is -1.04. The highest BCUT2D eigenvalue weighted by atomic mass is 79.9. The van der Waals surface area contributed by atoms with Crippen LogP contribution in [0.15, 0.2) is 27.6 Å². The molecule has 0 bridgehead atoms. The number of nitrogens with two attached hydrogens (primary N) is 1. The maximum atomic E-state index is 11.9. The molecule has 9 nitrogen and oxygen atoms in total. The molecule has 0 heterocycles. The highest BCUT2D eigenvalue weighted by Crippen LogP contribution is 2.26. The van der Waals surface area contributed by atoms with Crippen molar-refractivity contribution in [1.29, 1.82) is 0 Å². The molecule has 0 saturated carbocycles. The van der Waals surface area contributed by atoms with Gasteiger partial charge in [-0.1, -0.05) is 15.9 Å². The van der Waals surface area contributed by atoms with Crippen molar-refractivity contribution in [1.82, 2.24) is 4.72 Å². The van der Waals surface area contributed by atoms with Crippen LogP contribution in [0, 0.1) is 10.1 Å². The summed E-state index contributed by atoms with van der Waals surface area (Å²) in [5.74, 6) is 0. The van der Waals surface area contributed by atoms with Crippen molar-refractivity contribution in [3.05, 3.63) is 32.8 Å². The predicted molar refractivity (Wildman–Crippen MR) is 71.5 cm³/mol. The number of rotatable bonds is 6. The molecule has 11 heteroatoms. The molecule has 1 aromatic rings. The fraction of sp³-hybridized carbons (Fsp3) is 0.222. The van der Waals surface area contributed by atoms with Gasteiger partial charge in [0, 0.05) is 17.1 Å². The number of sulfonamides is 1. The van der Waals surface area contributed by atoms with Gasteiger partial charge in [-0.05, 0) is 12.1 Å². The van der Waals surface area contributed by atoms with Crippen molar-refractivity contribution in [3.63, 3.8) is 0 Å². The Hall–Kier alpha value is -1.72. The van der Waals surface area contributed by atoms with E-state index >= 15 is 0 Å². The fourth-order valence-electron chi connectivity index (χ4n) is 1.26. The Morgan fingerprint density at radius 2 is 2.15 bits per heavy atom.